The van der Waals surface area contributed by atoms with E-state index in [0.717, 1.165) is 24.3 Å². The van der Waals surface area contributed by atoms with Crippen LogP contribution in [0.4, 0.5) is 0 Å². The number of hydrogen-bond donors (Lipinski definition) is 5. The molecule has 27 heteroatoms. The van der Waals surface area contributed by atoms with Crippen molar-refractivity contribution in [2.24, 2.45) is 0 Å². The van der Waals surface area contributed by atoms with Crippen LogP contribution in [-0.4, -0.2) is 95.6 Å². The molecule has 0 aliphatic carbocycles. The predicted octanol–water partition coefficient (Wildman–Crippen LogP) is -3.36. The molecular weight excluding hydrogens is 676 g/mol. The van der Waals surface area contributed by atoms with Gasteiger partial charge >= 0.3 is 0 Å². The molecule has 5 N–H and O–H groups in total. The molecule has 2 aromatic carbocycles. The van der Waals surface area contributed by atoms with Crippen molar-refractivity contribution in [2.75, 3.05) is 0 Å². The monoisotopic (exact) mass is 686 g/mol. The van der Waals surface area contributed by atoms with Crippen LogP contribution in [-0.2, 0) is 41.6 Å². The number of phenolic OH excluding ortho intramolecular Hbond substituents is 4. The van der Waals surface area contributed by atoms with Crippen molar-refractivity contribution >= 4 is 52.6 Å². The van der Waals surface area contributed by atoms with Crippen LogP contribution >= 0.6 is 0 Å². The topological polar surface area (TPSA) is 452 Å². The number of rotatable bonds is 1. The molecule has 0 unspecified atom stereocenters. The highest BCUT2D eigenvalue weighted by Crippen LogP contribution is 2.37. The standard InChI is InChI=1S/C15H10O7.4H2O4S/c16-7-4-10(19)12-11(5-7)22-15(14(21)13(12)20)6-1-2-8(17)9(18)3-6;4*1-5(2,3)4/h1-5,16-19,21H;4*(H2,1,2,3,4)/p-8. The zero-order valence-corrected chi connectivity index (χ0v) is 22.4. The van der Waals surface area contributed by atoms with Gasteiger partial charge in [0.2, 0.25) is 11.2 Å². The quantitative estimate of drug-likeness (QED) is 0.0947. The first-order chi connectivity index (χ1) is 18.4. The van der Waals surface area contributed by atoms with E-state index >= 15 is 0 Å². The summed E-state index contributed by atoms with van der Waals surface area (Å²) in [5.74, 6) is -2.71. The van der Waals surface area contributed by atoms with Gasteiger partial charge in [-0.15, -0.1) is 0 Å². The fraction of sp³-hybridized carbons (Fsp3) is 0. The first kappa shape index (κ1) is 40.3. The van der Waals surface area contributed by atoms with Crippen molar-refractivity contribution in [2.45, 2.75) is 0 Å². The average molecular weight is 686 g/mol. The van der Waals surface area contributed by atoms with Crippen LogP contribution < -0.4 is 5.43 Å². The maximum atomic E-state index is 12.1. The Balaban J connectivity index is 0. The Bertz CT molecular complexity index is 1720. The van der Waals surface area contributed by atoms with Gasteiger partial charge in [0.1, 0.15) is 22.5 Å². The van der Waals surface area contributed by atoms with E-state index in [1.807, 2.05) is 0 Å². The molecule has 0 aliphatic rings. The highest BCUT2D eigenvalue weighted by molar-refractivity contribution is 7.80. The minimum absolute atomic E-state index is 0.134. The van der Waals surface area contributed by atoms with Gasteiger partial charge < -0.3 is 66.4 Å². The van der Waals surface area contributed by atoms with Gasteiger partial charge in [-0.05, 0) is 18.2 Å². The summed E-state index contributed by atoms with van der Waals surface area (Å²) in [5.41, 5.74) is -0.890. The van der Waals surface area contributed by atoms with Crippen molar-refractivity contribution in [1.82, 2.24) is 0 Å². The predicted molar refractivity (Wildman–Crippen MR) is 118 cm³/mol. The molecule has 0 spiro atoms. The molecule has 0 saturated carbocycles. The second-order valence-corrected chi connectivity index (χ2v) is 9.55. The molecule has 0 saturated heterocycles. The number of phenols is 4. The second kappa shape index (κ2) is 15.4. The molecule has 0 radical (unpaired) electrons. The number of benzene rings is 2. The van der Waals surface area contributed by atoms with Crippen LogP contribution in [0.25, 0.3) is 22.3 Å². The van der Waals surface area contributed by atoms with Crippen LogP contribution in [0.15, 0.2) is 39.5 Å². The molecule has 3 rings (SSSR count). The zero-order valence-electron chi connectivity index (χ0n) is 19.1. The Hall–Kier alpha value is -3.87. The van der Waals surface area contributed by atoms with Crippen molar-refractivity contribution in [1.29, 1.82) is 0 Å². The molecule has 0 amide bonds. The largest absolute Gasteiger partial charge is 0.759 e. The van der Waals surface area contributed by atoms with Gasteiger partial charge in [0.05, 0.1) is 0 Å². The van der Waals surface area contributed by atoms with Gasteiger partial charge in [0.15, 0.2) is 17.3 Å². The minimum atomic E-state index is -5.17. The summed E-state index contributed by atoms with van der Waals surface area (Å²) >= 11 is 0. The minimum Gasteiger partial charge on any atom is -0.759 e. The molecule has 42 heavy (non-hydrogen) atoms. The molecule has 0 fully saturated rings. The molecule has 0 atom stereocenters. The van der Waals surface area contributed by atoms with Gasteiger partial charge in [0, 0.05) is 59.3 Å². The Morgan fingerprint density at radius 2 is 0.929 bits per heavy atom. The van der Waals surface area contributed by atoms with Crippen LogP contribution in [0, 0.1) is 0 Å². The van der Waals surface area contributed by atoms with Gasteiger partial charge in [-0.1, -0.05) is 0 Å². The van der Waals surface area contributed by atoms with E-state index in [9.17, 15) is 30.3 Å². The van der Waals surface area contributed by atoms with E-state index in [1.54, 1.807) is 0 Å². The zero-order chi connectivity index (χ0) is 34.0. The summed E-state index contributed by atoms with van der Waals surface area (Å²) in [5, 5.41) is 47.6. The summed E-state index contributed by atoms with van der Waals surface area (Å²) in [4.78, 5) is 12.1. The van der Waals surface area contributed by atoms with Gasteiger partial charge in [0.25, 0.3) is 0 Å². The van der Waals surface area contributed by atoms with Crippen LogP contribution in [0.5, 0.6) is 28.7 Å². The Morgan fingerprint density at radius 1 is 0.548 bits per heavy atom. The van der Waals surface area contributed by atoms with Gasteiger partial charge in [-0.25, -0.2) is 0 Å². The lowest BCUT2D eigenvalue weighted by atomic mass is 10.1. The van der Waals surface area contributed by atoms with E-state index < -0.39 is 64.3 Å². The summed E-state index contributed by atoms with van der Waals surface area (Å²) < 4.78 is 142. The van der Waals surface area contributed by atoms with Crippen LogP contribution in [0.1, 0.15) is 0 Å². The number of fused-ring (bicyclic) bond motifs is 1. The Kier molecular flexibility index (Phi) is 14.8. The van der Waals surface area contributed by atoms with E-state index in [2.05, 4.69) is 0 Å². The van der Waals surface area contributed by atoms with Crippen molar-refractivity contribution in [3.63, 3.8) is 0 Å². The third-order valence-electron chi connectivity index (χ3n) is 3.17. The maximum absolute atomic E-state index is 12.1. The van der Waals surface area contributed by atoms with Gasteiger partial charge in [-0.3, -0.25) is 38.5 Å². The van der Waals surface area contributed by atoms with E-state index in [-0.39, 0.29) is 33.8 Å². The number of aromatic hydroxyl groups is 5. The molecule has 240 valence electrons. The molecule has 23 nitrogen and oxygen atoms in total. The SMILES string of the molecule is O=S(=O)([O-])[O-].O=S(=O)([O-])[O-].O=S(=O)([O-])[O-].O=S(=O)([O-])[O-].O=c1c(O)c(-c2ccc(O)c(O)c2)oc2cc(O)cc(O)c12. The lowest BCUT2D eigenvalue weighted by Gasteiger charge is -2.08. The third kappa shape index (κ3) is 21.9. The van der Waals surface area contributed by atoms with E-state index in [1.165, 1.54) is 6.07 Å². The summed E-state index contributed by atoms with van der Waals surface area (Å²) in [6.45, 7) is 0. The van der Waals surface area contributed by atoms with Crippen molar-refractivity contribution in [3.8, 4) is 40.1 Å². The maximum Gasteiger partial charge on any atom is 0.238 e. The van der Waals surface area contributed by atoms with Gasteiger partial charge in [-0.2, -0.15) is 0 Å². The Morgan fingerprint density at radius 3 is 1.29 bits per heavy atom. The molecule has 1 aromatic heterocycles. The first-order valence-corrected chi connectivity index (χ1v) is 14.1. The van der Waals surface area contributed by atoms with Crippen LogP contribution in [0.2, 0.25) is 0 Å². The first-order valence-electron chi connectivity index (χ1n) is 8.79. The summed E-state index contributed by atoms with van der Waals surface area (Å²) in [6.07, 6.45) is 0. The lowest BCUT2D eigenvalue weighted by molar-refractivity contribution is 0.350. The summed E-state index contributed by atoms with van der Waals surface area (Å²) in [6, 6.07) is 5.64. The smallest absolute Gasteiger partial charge is 0.238 e. The molecule has 1 heterocycles. The molecule has 0 aliphatic heterocycles. The third-order valence-corrected chi connectivity index (χ3v) is 3.17. The highest BCUT2D eigenvalue weighted by atomic mass is 32.3. The second-order valence-electron chi connectivity index (χ2n) is 6.28. The fourth-order valence-corrected chi connectivity index (χ4v) is 2.14. The number of hydrogen-bond acceptors (Lipinski definition) is 23. The van der Waals surface area contributed by atoms with E-state index in [0.29, 0.717) is 0 Å². The Labute approximate surface area is 233 Å². The highest BCUT2D eigenvalue weighted by Gasteiger charge is 2.19. The average Bonchev–Trinajstić information content (AvgIpc) is 2.67. The summed E-state index contributed by atoms with van der Waals surface area (Å²) in [7, 11) is -20.7. The van der Waals surface area contributed by atoms with Crippen molar-refractivity contribution in [3.05, 3.63) is 40.6 Å². The van der Waals surface area contributed by atoms with E-state index in [4.69, 9.17) is 74.5 Å². The molecular formula is C15H10O23S4-8. The van der Waals surface area contributed by atoms with Crippen molar-refractivity contribution < 1.29 is 100 Å². The molecule has 0 bridgehead atoms. The lowest BCUT2D eigenvalue weighted by Crippen LogP contribution is -2.02. The van der Waals surface area contributed by atoms with Crippen LogP contribution in [0.3, 0.4) is 0 Å². The normalized spacial score (nSPS) is 11.2. The molecule has 3 aromatic rings. The fourth-order valence-electron chi connectivity index (χ4n) is 2.14.